The lowest BCUT2D eigenvalue weighted by molar-refractivity contribution is 0.163. The number of aliphatic hydroxyl groups excluding tert-OH is 2. The first kappa shape index (κ1) is 15.1. The Labute approximate surface area is 106 Å². The quantitative estimate of drug-likeness (QED) is 0.550. The monoisotopic (exact) mass is 274 g/mol. The van der Waals surface area contributed by atoms with Crippen molar-refractivity contribution >= 4 is 10.0 Å². The summed E-state index contributed by atoms with van der Waals surface area (Å²) in [6.07, 6.45) is 0. The van der Waals surface area contributed by atoms with E-state index < -0.39 is 16.1 Å². The Hall–Kier alpha value is -0.990. The van der Waals surface area contributed by atoms with Crippen LogP contribution in [0, 0.1) is 0 Å². The molecule has 5 N–H and O–H groups in total. The van der Waals surface area contributed by atoms with Crippen molar-refractivity contribution in [3.05, 3.63) is 29.8 Å². The predicted octanol–water partition coefficient (Wildman–Crippen LogP) is -0.662. The van der Waals surface area contributed by atoms with E-state index in [0.717, 1.165) is 5.56 Å². The molecule has 1 aromatic rings. The Kier molecular flexibility index (Phi) is 5.24. The van der Waals surface area contributed by atoms with Gasteiger partial charge in [0, 0.05) is 6.04 Å². The summed E-state index contributed by atoms with van der Waals surface area (Å²) in [4.78, 5) is 0.0549. The van der Waals surface area contributed by atoms with E-state index in [1.54, 1.807) is 12.1 Å². The molecule has 0 saturated heterocycles. The van der Waals surface area contributed by atoms with Crippen molar-refractivity contribution in [2.24, 2.45) is 5.14 Å². The molecule has 6 nitrogen and oxygen atoms in total. The fraction of sp³-hybridized carbons (Fsp3) is 0.455. The lowest BCUT2D eigenvalue weighted by Crippen LogP contribution is -2.37. The normalized spacial score (nSPS) is 13.8. The zero-order valence-electron chi connectivity index (χ0n) is 10.1. The van der Waals surface area contributed by atoms with Gasteiger partial charge in [0.25, 0.3) is 0 Å². The van der Waals surface area contributed by atoms with E-state index in [1.165, 1.54) is 12.1 Å². The van der Waals surface area contributed by atoms with Gasteiger partial charge in [0.1, 0.15) is 0 Å². The number of primary sulfonamides is 1. The van der Waals surface area contributed by atoms with Crippen molar-refractivity contribution in [3.63, 3.8) is 0 Å². The van der Waals surface area contributed by atoms with Gasteiger partial charge in [-0.2, -0.15) is 0 Å². The van der Waals surface area contributed by atoms with Gasteiger partial charge in [-0.1, -0.05) is 12.1 Å². The number of benzene rings is 1. The average molecular weight is 274 g/mol. The lowest BCUT2D eigenvalue weighted by Gasteiger charge is -2.20. The van der Waals surface area contributed by atoms with Crippen LogP contribution in [0.1, 0.15) is 18.5 Å². The van der Waals surface area contributed by atoms with Crippen LogP contribution in [-0.2, 0) is 10.0 Å². The first-order chi connectivity index (χ1) is 8.38. The number of nitrogens with one attached hydrogen (secondary N) is 1. The van der Waals surface area contributed by atoms with Gasteiger partial charge in [-0.25, -0.2) is 13.6 Å². The van der Waals surface area contributed by atoms with Crippen molar-refractivity contribution in [2.75, 3.05) is 13.2 Å². The zero-order chi connectivity index (χ0) is 13.8. The summed E-state index contributed by atoms with van der Waals surface area (Å²) in [5.74, 6) is 0. The van der Waals surface area contributed by atoms with Gasteiger partial charge in [-0.15, -0.1) is 0 Å². The molecule has 0 aliphatic rings. The van der Waals surface area contributed by atoms with E-state index in [4.69, 9.17) is 15.4 Å². The number of sulfonamides is 1. The van der Waals surface area contributed by atoms with Crippen LogP contribution in [0.2, 0.25) is 0 Å². The molecule has 1 aromatic carbocycles. The van der Waals surface area contributed by atoms with Crippen LogP contribution >= 0.6 is 0 Å². The Morgan fingerprint density at radius 3 is 2.11 bits per heavy atom. The smallest absolute Gasteiger partial charge is 0.238 e. The van der Waals surface area contributed by atoms with Crippen LogP contribution in [0.25, 0.3) is 0 Å². The molecule has 1 rings (SSSR count). The molecule has 0 heterocycles. The van der Waals surface area contributed by atoms with E-state index in [9.17, 15) is 8.42 Å². The molecule has 0 amide bonds. The summed E-state index contributed by atoms with van der Waals surface area (Å²) >= 11 is 0. The number of rotatable bonds is 6. The van der Waals surface area contributed by atoms with Crippen LogP contribution in [-0.4, -0.2) is 37.9 Å². The Bertz CT molecular complexity index is 468. The third-order valence-corrected chi connectivity index (χ3v) is 3.56. The maximum Gasteiger partial charge on any atom is 0.238 e. The summed E-state index contributed by atoms with van der Waals surface area (Å²) in [6.45, 7) is 1.51. The van der Waals surface area contributed by atoms with Gasteiger partial charge in [0.2, 0.25) is 10.0 Å². The summed E-state index contributed by atoms with van der Waals surface area (Å²) in [6, 6.07) is 5.61. The molecular formula is C11H18N2O4S. The third-order valence-electron chi connectivity index (χ3n) is 2.64. The molecule has 0 saturated carbocycles. The number of aliphatic hydroxyl groups is 2. The summed E-state index contributed by atoms with van der Waals surface area (Å²) in [7, 11) is -3.68. The molecule has 102 valence electrons. The van der Waals surface area contributed by atoms with E-state index in [0.29, 0.717) is 0 Å². The van der Waals surface area contributed by atoms with Crippen LogP contribution < -0.4 is 10.5 Å². The highest BCUT2D eigenvalue weighted by atomic mass is 32.2. The second-order valence-corrected chi connectivity index (χ2v) is 5.63. The van der Waals surface area contributed by atoms with Crippen LogP contribution in [0.15, 0.2) is 29.2 Å². The largest absolute Gasteiger partial charge is 0.395 e. The zero-order valence-corrected chi connectivity index (χ0v) is 10.9. The minimum absolute atomic E-state index is 0.0549. The van der Waals surface area contributed by atoms with Crippen molar-refractivity contribution in [2.45, 2.75) is 23.9 Å². The fourth-order valence-electron chi connectivity index (χ4n) is 1.56. The van der Waals surface area contributed by atoms with Gasteiger partial charge in [0.05, 0.1) is 24.2 Å². The van der Waals surface area contributed by atoms with Crippen molar-refractivity contribution < 1.29 is 18.6 Å². The van der Waals surface area contributed by atoms with E-state index in [-0.39, 0.29) is 24.2 Å². The summed E-state index contributed by atoms with van der Waals surface area (Å²) in [5, 5.41) is 25.9. The van der Waals surface area contributed by atoms with Crippen molar-refractivity contribution in [1.29, 1.82) is 0 Å². The molecule has 1 atom stereocenters. The molecule has 18 heavy (non-hydrogen) atoms. The molecule has 0 aliphatic carbocycles. The van der Waals surface area contributed by atoms with Crippen LogP contribution in [0.4, 0.5) is 0 Å². The molecule has 0 spiro atoms. The van der Waals surface area contributed by atoms with Crippen molar-refractivity contribution in [1.82, 2.24) is 5.32 Å². The second kappa shape index (κ2) is 6.26. The van der Waals surface area contributed by atoms with Gasteiger partial charge < -0.3 is 15.5 Å². The second-order valence-electron chi connectivity index (χ2n) is 4.06. The summed E-state index contributed by atoms with van der Waals surface area (Å²) < 4.78 is 22.2. The van der Waals surface area contributed by atoms with Gasteiger partial charge in [0.15, 0.2) is 0 Å². The van der Waals surface area contributed by atoms with Gasteiger partial charge in [-0.05, 0) is 24.6 Å². The molecule has 0 bridgehead atoms. The molecule has 0 fully saturated rings. The maximum absolute atomic E-state index is 11.1. The highest BCUT2D eigenvalue weighted by Gasteiger charge is 2.13. The lowest BCUT2D eigenvalue weighted by atomic mass is 10.1. The first-order valence-electron chi connectivity index (χ1n) is 5.49. The minimum atomic E-state index is -3.68. The topological polar surface area (TPSA) is 113 Å². The van der Waals surface area contributed by atoms with Crippen LogP contribution in [0.3, 0.4) is 0 Å². The SMILES string of the molecule is CC(NC(CO)CO)c1ccc(S(N)(=O)=O)cc1. The van der Waals surface area contributed by atoms with Gasteiger partial charge in [-0.3, -0.25) is 0 Å². The average Bonchev–Trinajstić information content (AvgIpc) is 2.34. The Balaban J connectivity index is 2.79. The standard InChI is InChI=1S/C11H18N2O4S/c1-8(13-10(6-14)7-15)9-2-4-11(5-3-9)18(12,16)17/h2-5,8,10,13-15H,6-7H2,1H3,(H2,12,16,17). The highest BCUT2D eigenvalue weighted by molar-refractivity contribution is 7.89. The van der Waals surface area contributed by atoms with Crippen LogP contribution in [0.5, 0.6) is 0 Å². The molecule has 0 aromatic heterocycles. The predicted molar refractivity (Wildman–Crippen MR) is 67.3 cm³/mol. The van der Waals surface area contributed by atoms with E-state index in [2.05, 4.69) is 5.32 Å². The van der Waals surface area contributed by atoms with E-state index >= 15 is 0 Å². The third kappa shape index (κ3) is 4.04. The summed E-state index contributed by atoms with van der Waals surface area (Å²) in [5.41, 5.74) is 0.842. The minimum Gasteiger partial charge on any atom is -0.395 e. The number of nitrogens with two attached hydrogens (primary N) is 1. The molecule has 0 radical (unpaired) electrons. The number of hydrogen-bond acceptors (Lipinski definition) is 5. The first-order valence-corrected chi connectivity index (χ1v) is 7.03. The molecule has 1 unspecified atom stereocenters. The Morgan fingerprint density at radius 1 is 1.22 bits per heavy atom. The molecule has 7 heteroatoms. The molecule has 0 aliphatic heterocycles. The maximum atomic E-state index is 11.1. The van der Waals surface area contributed by atoms with Crippen molar-refractivity contribution in [3.8, 4) is 0 Å². The van der Waals surface area contributed by atoms with E-state index in [1.807, 2.05) is 6.92 Å². The fourth-order valence-corrected chi connectivity index (χ4v) is 2.07. The molecular weight excluding hydrogens is 256 g/mol. The number of hydrogen-bond donors (Lipinski definition) is 4. The highest BCUT2D eigenvalue weighted by Crippen LogP contribution is 2.15. The Morgan fingerprint density at radius 2 is 1.72 bits per heavy atom. The van der Waals surface area contributed by atoms with Gasteiger partial charge >= 0.3 is 0 Å².